The zero-order valence-corrected chi connectivity index (χ0v) is 13.2. The number of rotatable bonds is 2. The van der Waals surface area contributed by atoms with Gasteiger partial charge in [0.1, 0.15) is 12.0 Å². The quantitative estimate of drug-likeness (QED) is 0.924. The summed E-state index contributed by atoms with van der Waals surface area (Å²) < 4.78 is 0. The molecule has 1 amide bonds. The van der Waals surface area contributed by atoms with Crippen LogP contribution in [-0.4, -0.2) is 37.5 Å². The fraction of sp³-hybridized carbons (Fsp3) is 0.500. The van der Waals surface area contributed by atoms with Crippen LogP contribution in [0.5, 0.6) is 0 Å². The Morgan fingerprint density at radius 1 is 1.41 bits per heavy atom. The van der Waals surface area contributed by atoms with Crippen LogP contribution in [0.15, 0.2) is 24.7 Å². The van der Waals surface area contributed by atoms with E-state index in [1.807, 2.05) is 17.0 Å². The highest BCUT2D eigenvalue weighted by Gasteiger charge is 2.33. The maximum Gasteiger partial charge on any atom is 0.274 e. The van der Waals surface area contributed by atoms with Crippen molar-refractivity contribution < 1.29 is 4.79 Å². The number of aromatic nitrogens is 4. The minimum atomic E-state index is -0.0530. The van der Waals surface area contributed by atoms with Crippen molar-refractivity contribution >= 4 is 5.91 Å². The molecule has 1 aliphatic rings. The highest BCUT2D eigenvalue weighted by Crippen LogP contribution is 2.32. The molecule has 1 fully saturated rings. The molecule has 0 spiro atoms. The summed E-state index contributed by atoms with van der Waals surface area (Å²) in [6.45, 7) is 7.02. The normalized spacial score (nSPS) is 18.7. The van der Waals surface area contributed by atoms with Crippen LogP contribution in [0.2, 0.25) is 0 Å². The molecule has 3 heterocycles. The molecule has 1 saturated heterocycles. The maximum absolute atomic E-state index is 12.8. The predicted octanol–water partition coefficient (Wildman–Crippen LogP) is 2.47. The number of hydrogen-bond acceptors (Lipinski definition) is 4. The molecule has 6 nitrogen and oxygen atoms in total. The number of nitrogens with one attached hydrogen (secondary N) is 1. The second kappa shape index (κ2) is 5.51. The molecule has 6 heteroatoms. The SMILES string of the molecule is CC(C)(C)c1cc(C(=O)N2CCC[C@@H]2c2ccncn2)n[nH]1. The van der Waals surface area contributed by atoms with Crippen molar-refractivity contribution in [3.63, 3.8) is 0 Å². The van der Waals surface area contributed by atoms with Gasteiger partial charge in [0.15, 0.2) is 0 Å². The van der Waals surface area contributed by atoms with Gasteiger partial charge in [0, 0.05) is 23.9 Å². The van der Waals surface area contributed by atoms with E-state index < -0.39 is 0 Å². The van der Waals surface area contributed by atoms with Gasteiger partial charge in [-0.3, -0.25) is 9.89 Å². The van der Waals surface area contributed by atoms with Crippen molar-refractivity contribution in [1.82, 2.24) is 25.1 Å². The van der Waals surface area contributed by atoms with Gasteiger partial charge in [-0.2, -0.15) is 5.10 Å². The van der Waals surface area contributed by atoms with Crippen molar-refractivity contribution in [3.05, 3.63) is 41.7 Å². The zero-order valence-electron chi connectivity index (χ0n) is 13.2. The molecular formula is C16H21N5O. The van der Waals surface area contributed by atoms with Crippen molar-refractivity contribution in [2.45, 2.75) is 45.1 Å². The lowest BCUT2D eigenvalue weighted by Crippen LogP contribution is -2.31. The van der Waals surface area contributed by atoms with Gasteiger partial charge in [0.05, 0.1) is 11.7 Å². The summed E-state index contributed by atoms with van der Waals surface area (Å²) in [6.07, 6.45) is 5.16. The van der Waals surface area contributed by atoms with Crippen LogP contribution in [-0.2, 0) is 5.41 Å². The Morgan fingerprint density at radius 3 is 2.86 bits per heavy atom. The van der Waals surface area contributed by atoms with E-state index in [2.05, 4.69) is 40.9 Å². The Hall–Kier alpha value is -2.24. The molecule has 0 saturated carbocycles. The molecular weight excluding hydrogens is 278 g/mol. The first-order valence-corrected chi connectivity index (χ1v) is 7.59. The predicted molar refractivity (Wildman–Crippen MR) is 82.3 cm³/mol. The van der Waals surface area contributed by atoms with E-state index in [0.29, 0.717) is 5.69 Å². The molecule has 0 unspecified atom stereocenters. The molecule has 22 heavy (non-hydrogen) atoms. The zero-order chi connectivity index (χ0) is 15.7. The second-order valence-electron chi connectivity index (χ2n) is 6.71. The Morgan fingerprint density at radius 2 is 2.23 bits per heavy atom. The lowest BCUT2D eigenvalue weighted by Gasteiger charge is -2.23. The Kier molecular flexibility index (Phi) is 3.68. The van der Waals surface area contributed by atoms with Crippen molar-refractivity contribution in [2.75, 3.05) is 6.54 Å². The third-order valence-corrected chi connectivity index (χ3v) is 4.06. The molecule has 2 aromatic heterocycles. The van der Waals surface area contributed by atoms with E-state index in [-0.39, 0.29) is 17.4 Å². The largest absolute Gasteiger partial charge is 0.329 e. The van der Waals surface area contributed by atoms with E-state index in [4.69, 9.17) is 0 Å². The number of hydrogen-bond donors (Lipinski definition) is 1. The number of likely N-dealkylation sites (tertiary alicyclic amines) is 1. The molecule has 3 rings (SSSR count). The smallest absolute Gasteiger partial charge is 0.274 e. The van der Waals surface area contributed by atoms with Crippen LogP contribution < -0.4 is 0 Å². The number of amides is 1. The lowest BCUT2D eigenvalue weighted by molar-refractivity contribution is 0.0727. The summed E-state index contributed by atoms with van der Waals surface area (Å²) in [5, 5.41) is 7.19. The van der Waals surface area contributed by atoms with E-state index in [1.54, 1.807) is 6.20 Å². The molecule has 1 atom stereocenters. The standard InChI is InChI=1S/C16H21N5O/c1-16(2,3)14-9-12(19-20-14)15(22)21-8-4-5-13(21)11-6-7-17-10-18-11/h6-7,9-10,13H,4-5,8H2,1-3H3,(H,19,20)/t13-/m1/s1. The summed E-state index contributed by atoms with van der Waals surface area (Å²) in [4.78, 5) is 22.9. The van der Waals surface area contributed by atoms with Gasteiger partial charge in [-0.1, -0.05) is 20.8 Å². The first-order chi connectivity index (χ1) is 10.5. The van der Waals surface area contributed by atoms with Crippen LogP contribution in [0.4, 0.5) is 0 Å². The molecule has 0 aromatic carbocycles. The van der Waals surface area contributed by atoms with Gasteiger partial charge >= 0.3 is 0 Å². The average molecular weight is 299 g/mol. The highest BCUT2D eigenvalue weighted by atomic mass is 16.2. The Balaban J connectivity index is 1.84. The number of nitrogens with zero attached hydrogens (tertiary/aromatic N) is 4. The first kappa shape index (κ1) is 14.7. The topological polar surface area (TPSA) is 74.8 Å². The van der Waals surface area contributed by atoms with Crippen LogP contribution >= 0.6 is 0 Å². The molecule has 116 valence electrons. The minimum Gasteiger partial charge on any atom is -0.329 e. The molecule has 0 radical (unpaired) electrons. The second-order valence-corrected chi connectivity index (χ2v) is 6.71. The minimum absolute atomic E-state index is 0.0188. The van der Waals surface area contributed by atoms with Gasteiger partial charge in [-0.15, -0.1) is 0 Å². The number of H-pyrrole nitrogens is 1. The Bertz CT molecular complexity index is 659. The van der Waals surface area contributed by atoms with Gasteiger partial charge in [-0.05, 0) is 25.0 Å². The van der Waals surface area contributed by atoms with Crippen LogP contribution in [0, 0.1) is 0 Å². The van der Waals surface area contributed by atoms with E-state index in [1.165, 1.54) is 6.33 Å². The molecule has 1 N–H and O–H groups in total. The van der Waals surface area contributed by atoms with E-state index in [9.17, 15) is 4.79 Å². The van der Waals surface area contributed by atoms with Crippen LogP contribution in [0.3, 0.4) is 0 Å². The maximum atomic E-state index is 12.8. The summed E-state index contributed by atoms with van der Waals surface area (Å²) >= 11 is 0. The van der Waals surface area contributed by atoms with Crippen LogP contribution in [0.1, 0.15) is 61.5 Å². The van der Waals surface area contributed by atoms with Crippen LogP contribution in [0.25, 0.3) is 0 Å². The van der Waals surface area contributed by atoms with Gasteiger partial charge in [0.2, 0.25) is 0 Å². The lowest BCUT2D eigenvalue weighted by atomic mass is 9.92. The first-order valence-electron chi connectivity index (χ1n) is 7.59. The summed E-state index contributed by atoms with van der Waals surface area (Å²) in [5.41, 5.74) is 2.29. The van der Waals surface area contributed by atoms with Gasteiger partial charge < -0.3 is 4.90 Å². The monoisotopic (exact) mass is 299 g/mol. The molecule has 2 aromatic rings. The summed E-state index contributed by atoms with van der Waals surface area (Å²) in [5.74, 6) is -0.0344. The average Bonchev–Trinajstić information content (AvgIpc) is 3.16. The fourth-order valence-electron chi connectivity index (χ4n) is 2.78. The highest BCUT2D eigenvalue weighted by molar-refractivity contribution is 5.92. The van der Waals surface area contributed by atoms with E-state index >= 15 is 0 Å². The third-order valence-electron chi connectivity index (χ3n) is 4.06. The van der Waals surface area contributed by atoms with Gasteiger partial charge in [-0.25, -0.2) is 9.97 Å². The molecule has 0 aliphatic carbocycles. The van der Waals surface area contributed by atoms with Crippen molar-refractivity contribution in [3.8, 4) is 0 Å². The summed E-state index contributed by atoms with van der Waals surface area (Å²) in [7, 11) is 0. The number of aromatic amines is 1. The third kappa shape index (κ3) is 2.73. The Labute approximate surface area is 130 Å². The molecule has 0 bridgehead atoms. The van der Waals surface area contributed by atoms with Crippen molar-refractivity contribution in [2.24, 2.45) is 0 Å². The summed E-state index contributed by atoms with van der Waals surface area (Å²) in [6, 6.07) is 3.75. The molecule has 1 aliphatic heterocycles. The number of carbonyl (C=O) groups excluding carboxylic acids is 1. The fourth-order valence-corrected chi connectivity index (χ4v) is 2.78. The number of carbonyl (C=O) groups is 1. The van der Waals surface area contributed by atoms with E-state index in [0.717, 1.165) is 30.8 Å². The van der Waals surface area contributed by atoms with Crippen molar-refractivity contribution in [1.29, 1.82) is 0 Å². The van der Waals surface area contributed by atoms with Gasteiger partial charge in [0.25, 0.3) is 5.91 Å².